The van der Waals surface area contributed by atoms with E-state index in [4.69, 9.17) is 4.98 Å². The largest absolute Gasteiger partial charge is 0.338 e. The van der Waals surface area contributed by atoms with Crippen molar-refractivity contribution in [3.8, 4) is 0 Å². The fourth-order valence-corrected chi connectivity index (χ4v) is 4.22. The van der Waals surface area contributed by atoms with Gasteiger partial charge in [0.05, 0.1) is 17.8 Å². The highest BCUT2D eigenvalue weighted by Gasteiger charge is 2.26. The van der Waals surface area contributed by atoms with E-state index in [1.165, 1.54) is 5.56 Å². The van der Waals surface area contributed by atoms with E-state index >= 15 is 0 Å². The minimum absolute atomic E-state index is 0.114. The zero-order chi connectivity index (χ0) is 21.2. The van der Waals surface area contributed by atoms with Crippen LogP contribution < -0.4 is 5.56 Å². The number of nitrogens with zero attached hydrogens (tertiary/aromatic N) is 2. The molecule has 0 bridgehead atoms. The highest BCUT2D eigenvalue weighted by molar-refractivity contribution is 5.76. The van der Waals surface area contributed by atoms with Crippen LogP contribution in [-0.2, 0) is 24.2 Å². The molecule has 1 amide bonds. The summed E-state index contributed by atoms with van der Waals surface area (Å²) in [5.74, 6) is 1.16. The van der Waals surface area contributed by atoms with Crippen LogP contribution in [0.2, 0.25) is 0 Å². The van der Waals surface area contributed by atoms with E-state index in [0.717, 1.165) is 17.7 Å². The molecule has 1 N–H and O–H groups in total. The Morgan fingerprint density at radius 3 is 2.59 bits per heavy atom. The molecule has 0 aliphatic carbocycles. The molecular formula is C24H33N3O2. The first-order valence-corrected chi connectivity index (χ1v) is 10.5. The molecule has 0 saturated carbocycles. The van der Waals surface area contributed by atoms with Gasteiger partial charge in [0.1, 0.15) is 5.82 Å². The molecule has 3 rings (SSSR count). The van der Waals surface area contributed by atoms with Crippen LogP contribution in [0.1, 0.15) is 68.7 Å². The number of fused-ring (bicyclic) bond motifs is 1. The molecule has 2 aromatic rings. The number of aryl methyl sites for hydroxylation is 1. The molecule has 1 aliphatic rings. The number of amides is 1. The molecule has 0 spiro atoms. The topological polar surface area (TPSA) is 66.1 Å². The van der Waals surface area contributed by atoms with Gasteiger partial charge in [-0.05, 0) is 30.2 Å². The lowest BCUT2D eigenvalue weighted by molar-refractivity contribution is -0.133. The van der Waals surface area contributed by atoms with E-state index < -0.39 is 0 Å². The summed E-state index contributed by atoms with van der Waals surface area (Å²) in [6.07, 6.45) is 2.78. The lowest BCUT2D eigenvalue weighted by atomic mass is 9.84. The van der Waals surface area contributed by atoms with E-state index in [0.29, 0.717) is 49.7 Å². The van der Waals surface area contributed by atoms with Crippen molar-refractivity contribution in [3.63, 3.8) is 0 Å². The molecule has 2 heterocycles. The Morgan fingerprint density at radius 1 is 1.24 bits per heavy atom. The first-order valence-electron chi connectivity index (χ1n) is 10.5. The monoisotopic (exact) mass is 395 g/mol. The van der Waals surface area contributed by atoms with Crippen LogP contribution in [0.3, 0.4) is 0 Å². The molecule has 1 aromatic carbocycles. The van der Waals surface area contributed by atoms with Crippen LogP contribution in [0.15, 0.2) is 29.1 Å². The van der Waals surface area contributed by atoms with Crippen LogP contribution in [0.4, 0.5) is 0 Å². The minimum atomic E-state index is -0.114. The average Bonchev–Trinajstić information content (AvgIpc) is 2.62. The Hall–Kier alpha value is -2.43. The predicted octanol–water partition coefficient (Wildman–Crippen LogP) is 4.02. The third-order valence-corrected chi connectivity index (χ3v) is 5.45. The maximum atomic E-state index is 12.7. The molecule has 1 aliphatic heterocycles. The number of aromatic amines is 1. The van der Waals surface area contributed by atoms with Crippen molar-refractivity contribution in [1.82, 2.24) is 14.9 Å². The maximum absolute atomic E-state index is 12.7. The fraction of sp³-hybridized carbons (Fsp3) is 0.542. The van der Waals surface area contributed by atoms with E-state index in [2.05, 4.69) is 63.9 Å². The summed E-state index contributed by atoms with van der Waals surface area (Å²) >= 11 is 0. The molecule has 29 heavy (non-hydrogen) atoms. The van der Waals surface area contributed by atoms with Crippen molar-refractivity contribution in [2.24, 2.45) is 11.3 Å². The van der Waals surface area contributed by atoms with Gasteiger partial charge in [0, 0.05) is 25.8 Å². The number of H-pyrrole nitrogens is 1. The van der Waals surface area contributed by atoms with Crippen LogP contribution in [0, 0.1) is 18.3 Å². The summed E-state index contributed by atoms with van der Waals surface area (Å²) in [7, 11) is 0. The van der Waals surface area contributed by atoms with Crippen LogP contribution in [0.25, 0.3) is 0 Å². The molecular weight excluding hydrogens is 362 g/mol. The summed E-state index contributed by atoms with van der Waals surface area (Å²) in [5, 5.41) is 0. The second-order valence-electron chi connectivity index (χ2n) is 9.74. The highest BCUT2D eigenvalue weighted by Crippen LogP contribution is 2.27. The number of rotatable bonds is 5. The van der Waals surface area contributed by atoms with E-state index in [9.17, 15) is 9.59 Å². The number of aromatic nitrogens is 2. The van der Waals surface area contributed by atoms with Gasteiger partial charge in [-0.1, -0.05) is 57.5 Å². The molecule has 0 saturated heterocycles. The molecule has 1 aromatic heterocycles. The van der Waals surface area contributed by atoms with Crippen molar-refractivity contribution in [3.05, 3.63) is 62.8 Å². The number of hydrogen-bond acceptors (Lipinski definition) is 3. The van der Waals surface area contributed by atoms with Gasteiger partial charge in [0.15, 0.2) is 0 Å². The molecule has 0 radical (unpaired) electrons. The number of hydrogen-bond donors (Lipinski definition) is 1. The van der Waals surface area contributed by atoms with Gasteiger partial charge in [0.2, 0.25) is 5.91 Å². The molecule has 0 unspecified atom stereocenters. The Bertz CT molecular complexity index is 923. The van der Waals surface area contributed by atoms with Crippen LogP contribution in [0.5, 0.6) is 0 Å². The van der Waals surface area contributed by atoms with E-state index in [1.54, 1.807) is 0 Å². The second-order valence-corrected chi connectivity index (χ2v) is 9.74. The lowest BCUT2D eigenvalue weighted by Crippen LogP contribution is -2.40. The zero-order valence-electron chi connectivity index (χ0n) is 18.3. The zero-order valence-corrected chi connectivity index (χ0v) is 18.3. The summed E-state index contributed by atoms with van der Waals surface area (Å²) in [6.45, 7) is 11.8. The fourth-order valence-electron chi connectivity index (χ4n) is 4.22. The van der Waals surface area contributed by atoms with Gasteiger partial charge >= 0.3 is 0 Å². The summed E-state index contributed by atoms with van der Waals surface area (Å²) in [5.41, 5.74) is 3.91. The van der Waals surface area contributed by atoms with Crippen molar-refractivity contribution in [1.29, 1.82) is 0 Å². The summed E-state index contributed by atoms with van der Waals surface area (Å²) in [6, 6.07) is 8.26. The number of carbonyl (C=O) groups is 1. The van der Waals surface area contributed by atoms with Crippen LogP contribution >= 0.6 is 0 Å². The third-order valence-electron chi connectivity index (χ3n) is 5.45. The van der Waals surface area contributed by atoms with Gasteiger partial charge in [-0.25, -0.2) is 4.98 Å². The van der Waals surface area contributed by atoms with Crippen molar-refractivity contribution >= 4 is 5.91 Å². The van der Waals surface area contributed by atoms with E-state index in [-0.39, 0.29) is 16.9 Å². The Kier molecular flexibility index (Phi) is 6.25. The molecule has 1 atom stereocenters. The molecule has 5 heteroatoms. The normalized spacial score (nSPS) is 15.1. The number of carbonyl (C=O) groups excluding carboxylic acids is 1. The Balaban J connectivity index is 1.68. The van der Waals surface area contributed by atoms with Gasteiger partial charge < -0.3 is 9.88 Å². The highest BCUT2D eigenvalue weighted by atomic mass is 16.2. The van der Waals surface area contributed by atoms with Crippen molar-refractivity contribution < 1.29 is 4.79 Å². The first kappa shape index (κ1) is 21.3. The SMILES string of the molecule is Cc1ccc(Cc2nc3c(c(=O)[nH]2)CN(C(=O)C[C@H](C)CC(C)(C)C)CC3)cc1. The number of nitrogens with one attached hydrogen (secondary N) is 1. The third kappa shape index (κ3) is 5.78. The molecule has 0 fully saturated rings. The van der Waals surface area contributed by atoms with Gasteiger partial charge in [-0.2, -0.15) is 0 Å². The van der Waals surface area contributed by atoms with Gasteiger partial charge in [0.25, 0.3) is 5.56 Å². The van der Waals surface area contributed by atoms with Crippen molar-refractivity contribution in [2.75, 3.05) is 6.54 Å². The first-order chi connectivity index (χ1) is 13.6. The second kappa shape index (κ2) is 8.52. The standard InChI is InChI=1S/C24H33N3O2/c1-16-6-8-18(9-7-16)13-21-25-20-10-11-27(15-19(20)23(29)26-21)22(28)12-17(2)14-24(3,4)5/h6-9,17H,10-15H2,1-5H3,(H,25,26,29)/t17-/m0/s1. The predicted molar refractivity (Wildman–Crippen MR) is 116 cm³/mol. The summed E-state index contributed by atoms with van der Waals surface area (Å²) < 4.78 is 0. The lowest BCUT2D eigenvalue weighted by Gasteiger charge is -2.30. The quantitative estimate of drug-likeness (QED) is 0.832. The minimum Gasteiger partial charge on any atom is -0.338 e. The average molecular weight is 396 g/mol. The van der Waals surface area contributed by atoms with Crippen LogP contribution in [-0.4, -0.2) is 27.3 Å². The number of benzene rings is 1. The van der Waals surface area contributed by atoms with Gasteiger partial charge in [-0.15, -0.1) is 0 Å². The summed E-state index contributed by atoms with van der Waals surface area (Å²) in [4.78, 5) is 34.9. The Labute approximate surface area is 173 Å². The smallest absolute Gasteiger partial charge is 0.256 e. The molecule has 156 valence electrons. The molecule has 5 nitrogen and oxygen atoms in total. The van der Waals surface area contributed by atoms with Gasteiger partial charge in [-0.3, -0.25) is 9.59 Å². The Morgan fingerprint density at radius 2 is 1.93 bits per heavy atom. The maximum Gasteiger partial charge on any atom is 0.256 e. The van der Waals surface area contributed by atoms with Crippen molar-refractivity contribution in [2.45, 2.75) is 66.8 Å². The van der Waals surface area contributed by atoms with E-state index in [1.807, 2.05) is 4.90 Å².